The van der Waals surface area contributed by atoms with Crippen LogP contribution in [0.25, 0.3) is 0 Å². The zero-order valence-electron chi connectivity index (χ0n) is 6.23. The fraction of sp³-hybridized carbons (Fsp3) is 0.667. The van der Waals surface area contributed by atoms with Crippen molar-refractivity contribution in [1.82, 2.24) is 8.75 Å². The van der Waals surface area contributed by atoms with Gasteiger partial charge in [-0.3, -0.25) is 0 Å². The Morgan fingerprint density at radius 2 is 2.64 bits per heavy atom. The molecule has 0 saturated carbocycles. The smallest absolute Gasteiger partial charge is 0.122 e. The van der Waals surface area contributed by atoms with Gasteiger partial charge in [0.2, 0.25) is 0 Å². The molecular weight excluding hydrogens is 164 g/mol. The predicted octanol–water partition coefficient (Wildman–Crippen LogP) is 0.608. The average Bonchev–Trinajstić information content (AvgIpc) is 2.52. The molecule has 0 saturated heterocycles. The van der Waals surface area contributed by atoms with E-state index in [0.717, 1.165) is 11.7 Å². The number of rotatable bonds is 4. The first kappa shape index (κ1) is 8.58. The SMILES string of the molecule is CCOCC(O)c1cnsn1. The Labute approximate surface area is 69.2 Å². The highest BCUT2D eigenvalue weighted by Gasteiger charge is 2.09. The second-order valence-electron chi connectivity index (χ2n) is 2.01. The van der Waals surface area contributed by atoms with Crippen LogP contribution in [0.4, 0.5) is 0 Å². The van der Waals surface area contributed by atoms with Gasteiger partial charge in [-0.25, -0.2) is 0 Å². The molecule has 1 unspecified atom stereocenters. The first-order valence-corrected chi connectivity index (χ1v) is 4.11. The Balaban J connectivity index is 2.36. The van der Waals surface area contributed by atoms with E-state index >= 15 is 0 Å². The summed E-state index contributed by atoms with van der Waals surface area (Å²) in [5.41, 5.74) is 0.587. The maximum atomic E-state index is 9.32. The molecule has 11 heavy (non-hydrogen) atoms. The van der Waals surface area contributed by atoms with Gasteiger partial charge in [-0.05, 0) is 6.92 Å². The molecule has 5 heteroatoms. The van der Waals surface area contributed by atoms with Gasteiger partial charge >= 0.3 is 0 Å². The lowest BCUT2D eigenvalue weighted by Gasteiger charge is -2.05. The summed E-state index contributed by atoms with van der Waals surface area (Å²) in [5.74, 6) is 0. The minimum absolute atomic E-state index is 0.294. The van der Waals surface area contributed by atoms with Crippen LogP contribution in [0.15, 0.2) is 6.20 Å². The third-order valence-corrected chi connectivity index (χ3v) is 1.69. The molecule has 1 N–H and O–H groups in total. The maximum absolute atomic E-state index is 9.32. The summed E-state index contributed by atoms with van der Waals surface area (Å²) in [7, 11) is 0. The van der Waals surface area contributed by atoms with Crippen molar-refractivity contribution in [3.8, 4) is 0 Å². The van der Waals surface area contributed by atoms with Crippen molar-refractivity contribution in [2.24, 2.45) is 0 Å². The monoisotopic (exact) mass is 174 g/mol. The number of hydrogen-bond donors (Lipinski definition) is 1. The van der Waals surface area contributed by atoms with Crippen LogP contribution < -0.4 is 0 Å². The molecule has 0 spiro atoms. The molecule has 0 radical (unpaired) electrons. The fourth-order valence-corrected chi connectivity index (χ4v) is 1.10. The number of aromatic nitrogens is 2. The molecule has 0 bridgehead atoms. The molecule has 62 valence electrons. The van der Waals surface area contributed by atoms with Crippen molar-refractivity contribution in [1.29, 1.82) is 0 Å². The van der Waals surface area contributed by atoms with Crippen LogP contribution in [-0.4, -0.2) is 27.1 Å². The molecule has 1 heterocycles. The second kappa shape index (κ2) is 4.38. The van der Waals surface area contributed by atoms with E-state index in [1.54, 1.807) is 6.20 Å². The van der Waals surface area contributed by atoms with Crippen LogP contribution in [0.5, 0.6) is 0 Å². The van der Waals surface area contributed by atoms with E-state index in [4.69, 9.17) is 4.74 Å². The predicted molar refractivity (Wildman–Crippen MR) is 41.4 cm³/mol. The van der Waals surface area contributed by atoms with E-state index in [9.17, 15) is 5.11 Å². The highest BCUT2D eigenvalue weighted by Crippen LogP contribution is 2.09. The Hall–Kier alpha value is -0.520. The third-order valence-electron chi connectivity index (χ3n) is 1.20. The van der Waals surface area contributed by atoms with Crippen LogP contribution in [0, 0.1) is 0 Å². The van der Waals surface area contributed by atoms with E-state index in [1.165, 1.54) is 0 Å². The summed E-state index contributed by atoms with van der Waals surface area (Å²) in [5, 5.41) is 9.32. The molecule has 4 nitrogen and oxygen atoms in total. The molecule has 1 rings (SSSR count). The van der Waals surface area contributed by atoms with Crippen molar-refractivity contribution in [2.45, 2.75) is 13.0 Å². The average molecular weight is 174 g/mol. The first-order valence-electron chi connectivity index (χ1n) is 3.38. The molecule has 0 fully saturated rings. The van der Waals surface area contributed by atoms with Gasteiger partial charge < -0.3 is 9.84 Å². The van der Waals surface area contributed by atoms with Crippen molar-refractivity contribution in [3.63, 3.8) is 0 Å². The largest absolute Gasteiger partial charge is 0.384 e. The van der Waals surface area contributed by atoms with Crippen LogP contribution in [0.2, 0.25) is 0 Å². The van der Waals surface area contributed by atoms with Crippen LogP contribution in [-0.2, 0) is 4.74 Å². The summed E-state index contributed by atoms with van der Waals surface area (Å²) in [6.45, 7) is 2.78. The Bertz CT molecular complexity index is 190. The molecule has 1 aromatic heterocycles. The maximum Gasteiger partial charge on any atom is 0.122 e. The molecule has 0 aliphatic carbocycles. The molecule has 0 aromatic carbocycles. The minimum atomic E-state index is -0.631. The van der Waals surface area contributed by atoms with Gasteiger partial charge in [-0.2, -0.15) is 8.75 Å². The highest BCUT2D eigenvalue weighted by atomic mass is 32.1. The van der Waals surface area contributed by atoms with Crippen molar-refractivity contribution < 1.29 is 9.84 Å². The highest BCUT2D eigenvalue weighted by molar-refractivity contribution is 6.99. The Kier molecular flexibility index (Phi) is 3.41. The summed E-state index contributed by atoms with van der Waals surface area (Å²) in [4.78, 5) is 0. The van der Waals surface area contributed by atoms with Crippen molar-refractivity contribution >= 4 is 11.7 Å². The van der Waals surface area contributed by atoms with Crippen LogP contribution in [0.1, 0.15) is 18.7 Å². The van der Waals surface area contributed by atoms with E-state index in [-0.39, 0.29) is 0 Å². The number of nitrogens with zero attached hydrogens (tertiary/aromatic N) is 2. The normalized spacial score (nSPS) is 13.3. The number of aliphatic hydroxyl groups is 1. The lowest BCUT2D eigenvalue weighted by molar-refractivity contribution is 0.0402. The Morgan fingerprint density at radius 1 is 1.82 bits per heavy atom. The van der Waals surface area contributed by atoms with Gasteiger partial charge in [0.05, 0.1) is 24.5 Å². The van der Waals surface area contributed by atoms with Gasteiger partial charge in [0.25, 0.3) is 0 Å². The second-order valence-corrected chi connectivity index (χ2v) is 2.56. The molecule has 0 amide bonds. The van der Waals surface area contributed by atoms with E-state index in [2.05, 4.69) is 8.75 Å². The van der Waals surface area contributed by atoms with Crippen molar-refractivity contribution in [2.75, 3.05) is 13.2 Å². The lowest BCUT2D eigenvalue weighted by Crippen LogP contribution is -2.06. The van der Waals surface area contributed by atoms with E-state index in [1.807, 2.05) is 6.92 Å². The molecule has 1 aromatic rings. The fourth-order valence-electron chi connectivity index (χ4n) is 0.634. The zero-order valence-corrected chi connectivity index (χ0v) is 7.04. The van der Waals surface area contributed by atoms with E-state index in [0.29, 0.717) is 18.9 Å². The van der Waals surface area contributed by atoms with Gasteiger partial charge in [-0.15, -0.1) is 0 Å². The van der Waals surface area contributed by atoms with Crippen LogP contribution >= 0.6 is 11.7 Å². The lowest BCUT2D eigenvalue weighted by atomic mass is 10.3. The molecule has 1 atom stereocenters. The molecule has 0 aliphatic rings. The third kappa shape index (κ3) is 2.53. The summed E-state index contributed by atoms with van der Waals surface area (Å²) < 4.78 is 12.6. The number of aliphatic hydroxyl groups excluding tert-OH is 1. The summed E-state index contributed by atoms with van der Waals surface area (Å²) >= 11 is 1.09. The van der Waals surface area contributed by atoms with Gasteiger partial charge in [0, 0.05) is 6.61 Å². The minimum Gasteiger partial charge on any atom is -0.384 e. The zero-order chi connectivity index (χ0) is 8.10. The van der Waals surface area contributed by atoms with Gasteiger partial charge in [0.1, 0.15) is 11.8 Å². The number of ether oxygens (including phenoxy) is 1. The number of hydrogen-bond acceptors (Lipinski definition) is 5. The molecular formula is C6H10N2O2S. The summed E-state index contributed by atoms with van der Waals surface area (Å²) in [6, 6.07) is 0. The quantitative estimate of drug-likeness (QED) is 0.726. The Morgan fingerprint density at radius 3 is 3.18 bits per heavy atom. The van der Waals surface area contributed by atoms with Gasteiger partial charge in [0.15, 0.2) is 0 Å². The topological polar surface area (TPSA) is 55.2 Å². The summed E-state index contributed by atoms with van der Waals surface area (Å²) in [6.07, 6.45) is 0.919. The molecule has 0 aliphatic heterocycles. The van der Waals surface area contributed by atoms with Crippen LogP contribution in [0.3, 0.4) is 0 Å². The first-order chi connectivity index (χ1) is 5.34. The standard InChI is InChI=1S/C6H10N2O2S/c1-2-10-4-6(9)5-3-7-11-8-5/h3,6,9H,2,4H2,1H3. The van der Waals surface area contributed by atoms with Gasteiger partial charge in [-0.1, -0.05) is 0 Å². The van der Waals surface area contributed by atoms with Crippen molar-refractivity contribution in [3.05, 3.63) is 11.9 Å². The van der Waals surface area contributed by atoms with E-state index < -0.39 is 6.10 Å².